The highest BCUT2D eigenvalue weighted by molar-refractivity contribution is 6.08. The molecule has 0 unspecified atom stereocenters. The number of rotatable bonds is 4. The molecule has 0 aromatic heterocycles. The lowest BCUT2D eigenvalue weighted by Gasteiger charge is -2.05. The topological polar surface area (TPSA) is 62.4 Å². The van der Waals surface area contributed by atoms with Crippen LogP contribution >= 0.6 is 0 Å². The van der Waals surface area contributed by atoms with Gasteiger partial charge in [0.15, 0.2) is 0 Å². The van der Waals surface area contributed by atoms with Crippen LogP contribution in [0.5, 0.6) is 0 Å². The normalized spacial score (nSPS) is 8.35. The van der Waals surface area contributed by atoms with Crippen molar-refractivity contribution in [3.63, 3.8) is 0 Å². The summed E-state index contributed by atoms with van der Waals surface area (Å²) in [5.74, 6) is -0.568. The van der Waals surface area contributed by atoms with Gasteiger partial charge in [-0.1, -0.05) is 31.5 Å². The van der Waals surface area contributed by atoms with E-state index >= 15 is 0 Å². The van der Waals surface area contributed by atoms with Crippen LogP contribution in [0, 0.1) is 18.3 Å². The molecule has 17 heavy (non-hydrogen) atoms. The van der Waals surface area contributed by atoms with Crippen LogP contribution in [0.4, 0.5) is 0 Å². The van der Waals surface area contributed by atoms with Gasteiger partial charge in [0, 0.05) is 17.8 Å². The fourth-order valence-electron chi connectivity index (χ4n) is 1.20. The van der Waals surface area contributed by atoms with Gasteiger partial charge in [-0.25, -0.2) is 0 Å². The monoisotopic (exact) mass is 232 g/mol. The first-order valence-corrected chi connectivity index (χ1v) is 5.31. The number of carbonyl (C=O) groups excluding carboxylic acids is 1. The summed E-state index contributed by atoms with van der Waals surface area (Å²) in [6, 6.07) is 6.83. The average Bonchev–Trinajstić information content (AvgIpc) is 2.38. The number of oxime groups is 1. The fourth-order valence-corrected chi connectivity index (χ4v) is 1.20. The Morgan fingerprint density at radius 3 is 2.71 bits per heavy atom. The Bertz CT molecular complexity index is 434. The molecule has 1 aromatic rings. The van der Waals surface area contributed by atoms with Crippen LogP contribution in [0.2, 0.25) is 0 Å². The number of hydrogen-bond acceptors (Lipinski definition) is 4. The second-order valence-corrected chi connectivity index (χ2v) is 3.00. The number of aryl methyl sites for hydroxylation is 1. The minimum atomic E-state index is -0.568. The summed E-state index contributed by atoms with van der Waals surface area (Å²) >= 11 is 0. The summed E-state index contributed by atoms with van der Waals surface area (Å²) in [5.41, 5.74) is 1.92. The van der Waals surface area contributed by atoms with Gasteiger partial charge < -0.3 is 4.84 Å². The molecule has 0 bridgehead atoms. The predicted octanol–water partition coefficient (Wildman–Crippen LogP) is 2.86. The van der Waals surface area contributed by atoms with E-state index in [2.05, 4.69) is 11.9 Å². The number of hydrogen-bond donors (Lipinski definition) is 0. The zero-order valence-corrected chi connectivity index (χ0v) is 10.4. The van der Waals surface area contributed by atoms with Gasteiger partial charge in [-0.3, -0.25) is 4.79 Å². The number of nitriles is 1. The molecular weight excluding hydrogens is 216 g/mol. The van der Waals surface area contributed by atoms with E-state index in [0.29, 0.717) is 11.1 Å². The van der Waals surface area contributed by atoms with Crippen molar-refractivity contribution in [3.05, 3.63) is 34.9 Å². The molecule has 0 radical (unpaired) electrons. The predicted molar refractivity (Wildman–Crippen MR) is 66.8 cm³/mol. The highest BCUT2D eigenvalue weighted by Gasteiger charge is 2.11. The zero-order valence-electron chi connectivity index (χ0n) is 10.4. The van der Waals surface area contributed by atoms with Crippen molar-refractivity contribution < 1.29 is 9.63 Å². The van der Waals surface area contributed by atoms with Crippen LogP contribution in [0.3, 0.4) is 0 Å². The van der Waals surface area contributed by atoms with E-state index in [4.69, 9.17) is 10.1 Å². The van der Waals surface area contributed by atoms with Crippen LogP contribution in [0.1, 0.15) is 35.3 Å². The van der Waals surface area contributed by atoms with E-state index in [1.165, 1.54) is 0 Å². The largest absolute Gasteiger partial charge is 0.391 e. The van der Waals surface area contributed by atoms with Crippen LogP contribution < -0.4 is 0 Å². The van der Waals surface area contributed by atoms with Gasteiger partial charge in [0.2, 0.25) is 0 Å². The first-order chi connectivity index (χ1) is 8.19. The second-order valence-electron chi connectivity index (χ2n) is 3.00. The third kappa shape index (κ3) is 4.47. The molecule has 1 aromatic carbocycles. The maximum Gasteiger partial charge on any atom is 0.262 e. The van der Waals surface area contributed by atoms with Gasteiger partial charge in [-0.05, 0) is 13.0 Å². The lowest BCUT2D eigenvalue weighted by atomic mass is 10.0. The zero-order chi connectivity index (χ0) is 13.3. The summed E-state index contributed by atoms with van der Waals surface area (Å²) in [6.07, 6.45) is 0. The highest BCUT2D eigenvalue weighted by Crippen LogP contribution is 2.13. The molecule has 1 rings (SSSR count). The molecule has 0 saturated carbocycles. The molecule has 90 valence electrons. The Labute approximate surface area is 102 Å². The molecular formula is C13H16N2O2. The molecule has 0 amide bonds. The first kappa shape index (κ1) is 14.8. The second kappa shape index (κ2) is 8.05. The molecule has 0 aliphatic heterocycles. The van der Waals surface area contributed by atoms with E-state index in [0.717, 1.165) is 5.56 Å². The smallest absolute Gasteiger partial charge is 0.262 e. The molecule has 4 heteroatoms. The highest BCUT2D eigenvalue weighted by atomic mass is 16.6. The minimum Gasteiger partial charge on any atom is -0.391 e. The van der Waals surface area contributed by atoms with Crippen molar-refractivity contribution in [1.29, 1.82) is 5.26 Å². The molecule has 0 heterocycles. The van der Waals surface area contributed by atoms with Crippen molar-refractivity contribution in [3.8, 4) is 6.07 Å². The Morgan fingerprint density at radius 2 is 2.18 bits per heavy atom. The van der Waals surface area contributed by atoms with Gasteiger partial charge >= 0.3 is 0 Å². The summed E-state index contributed by atoms with van der Waals surface area (Å²) in [7, 11) is 0. The number of carbonyl (C=O) groups is 1. The van der Waals surface area contributed by atoms with Crippen LogP contribution in [0.15, 0.2) is 23.4 Å². The van der Waals surface area contributed by atoms with Gasteiger partial charge in [0.05, 0.1) is 0 Å². The maximum atomic E-state index is 11.3. The molecule has 0 saturated heterocycles. The van der Waals surface area contributed by atoms with E-state index < -0.39 is 5.78 Å². The molecule has 0 aliphatic rings. The summed E-state index contributed by atoms with van der Waals surface area (Å²) < 4.78 is 0. The van der Waals surface area contributed by atoms with Crippen molar-refractivity contribution >= 4 is 12.5 Å². The SMILES string of the molecule is C=NOCc1ccc(C)cc1C(=O)C#N.CC. The van der Waals surface area contributed by atoms with Gasteiger partial charge in [0.1, 0.15) is 12.7 Å². The Kier molecular flexibility index (Phi) is 7.04. The Morgan fingerprint density at radius 1 is 1.53 bits per heavy atom. The number of ketones is 1. The molecule has 0 fully saturated rings. The van der Waals surface area contributed by atoms with Gasteiger partial charge in [-0.15, -0.1) is 5.16 Å². The standard InChI is InChI=1S/C11H10N2O2.C2H6/c1-8-3-4-9(7-15-13-2)10(5-8)11(14)6-12;1-2/h3-5H,2,7H2,1H3;1-2H3. The lowest BCUT2D eigenvalue weighted by Crippen LogP contribution is -2.02. The molecule has 4 nitrogen and oxygen atoms in total. The number of benzene rings is 1. The van der Waals surface area contributed by atoms with Crippen molar-refractivity contribution in [2.45, 2.75) is 27.4 Å². The third-order valence-corrected chi connectivity index (χ3v) is 1.92. The summed E-state index contributed by atoms with van der Waals surface area (Å²) in [6.45, 7) is 9.16. The van der Waals surface area contributed by atoms with E-state index in [-0.39, 0.29) is 6.61 Å². The number of Topliss-reactive ketones (excluding diaryl/α,β-unsaturated/α-hetero) is 1. The van der Waals surface area contributed by atoms with Gasteiger partial charge in [0.25, 0.3) is 5.78 Å². The molecule has 0 aliphatic carbocycles. The fraction of sp³-hybridized carbons (Fsp3) is 0.308. The third-order valence-electron chi connectivity index (χ3n) is 1.92. The summed E-state index contributed by atoms with van der Waals surface area (Å²) in [5, 5.41) is 11.8. The molecule has 0 N–H and O–H groups in total. The van der Waals surface area contributed by atoms with Gasteiger partial charge in [-0.2, -0.15) is 5.26 Å². The van der Waals surface area contributed by atoms with E-state index in [1.54, 1.807) is 18.2 Å². The van der Waals surface area contributed by atoms with Crippen LogP contribution in [-0.2, 0) is 11.4 Å². The first-order valence-electron chi connectivity index (χ1n) is 5.31. The lowest BCUT2D eigenvalue weighted by molar-refractivity contribution is 0.104. The molecule has 0 spiro atoms. The maximum absolute atomic E-state index is 11.3. The van der Waals surface area contributed by atoms with E-state index in [9.17, 15) is 4.79 Å². The van der Waals surface area contributed by atoms with Crippen LogP contribution in [-0.4, -0.2) is 12.5 Å². The minimum absolute atomic E-state index is 0.145. The van der Waals surface area contributed by atoms with Crippen molar-refractivity contribution in [2.75, 3.05) is 0 Å². The average molecular weight is 232 g/mol. The summed E-state index contributed by atoms with van der Waals surface area (Å²) in [4.78, 5) is 16.0. The van der Waals surface area contributed by atoms with E-state index in [1.807, 2.05) is 26.8 Å². The Hall–Kier alpha value is -2.15. The molecule has 0 atom stereocenters. The van der Waals surface area contributed by atoms with Crippen molar-refractivity contribution in [1.82, 2.24) is 0 Å². The van der Waals surface area contributed by atoms with Crippen molar-refractivity contribution in [2.24, 2.45) is 5.16 Å². The quantitative estimate of drug-likeness (QED) is 0.347. The number of nitrogens with zero attached hydrogens (tertiary/aromatic N) is 2. The van der Waals surface area contributed by atoms with Crippen LogP contribution in [0.25, 0.3) is 0 Å². The Balaban J connectivity index is 0.00000121.